The second-order valence-electron chi connectivity index (χ2n) is 12.4. The number of hydrogen-bond acceptors (Lipinski definition) is 10. The summed E-state index contributed by atoms with van der Waals surface area (Å²) in [6, 6.07) is 3.50. The van der Waals surface area contributed by atoms with E-state index in [1.54, 1.807) is 0 Å². The summed E-state index contributed by atoms with van der Waals surface area (Å²) in [5, 5.41) is 12.9. The van der Waals surface area contributed by atoms with E-state index in [4.69, 9.17) is 26.8 Å². The Balaban J connectivity index is 1.37. The van der Waals surface area contributed by atoms with Crippen molar-refractivity contribution in [2.45, 2.75) is 49.5 Å². The van der Waals surface area contributed by atoms with Crippen LogP contribution in [0.1, 0.15) is 24.8 Å². The number of aromatic nitrogens is 2. The minimum absolute atomic E-state index is 0.0184. The number of alkyl halides is 3. The van der Waals surface area contributed by atoms with Gasteiger partial charge in [-0.25, -0.2) is 22.0 Å². The van der Waals surface area contributed by atoms with Crippen LogP contribution in [0.15, 0.2) is 12.1 Å². The number of hydrogen-bond donors (Lipinski definition) is 2. The van der Waals surface area contributed by atoms with Crippen molar-refractivity contribution in [1.29, 1.82) is 5.26 Å². The fourth-order valence-electron chi connectivity index (χ4n) is 7.76. The molecule has 0 radical (unpaired) electrons. The molecule has 0 saturated carbocycles. The Morgan fingerprint density at radius 2 is 2.09 bits per heavy atom. The van der Waals surface area contributed by atoms with E-state index in [0.29, 0.717) is 13.0 Å². The van der Waals surface area contributed by atoms with Crippen LogP contribution in [0.4, 0.5) is 32.8 Å². The van der Waals surface area contributed by atoms with E-state index in [0.717, 1.165) is 23.8 Å². The average molecular weight is 692 g/mol. The lowest BCUT2D eigenvalue weighted by Gasteiger charge is -2.32. The molecule has 3 fully saturated rings. The zero-order valence-corrected chi connectivity index (χ0v) is 26.2. The molecule has 8 rings (SSSR count). The third-order valence-corrected chi connectivity index (χ3v) is 11.2. The molecule has 246 valence electrons. The van der Waals surface area contributed by atoms with E-state index >= 15 is 4.39 Å². The van der Waals surface area contributed by atoms with Crippen molar-refractivity contribution in [3.05, 3.63) is 34.4 Å². The number of nitrogens with two attached hydrogens (primary N) is 1. The van der Waals surface area contributed by atoms with Crippen molar-refractivity contribution in [3.8, 4) is 29.0 Å². The molecule has 9 nitrogen and oxygen atoms in total. The second-order valence-corrected chi connectivity index (χ2v) is 13.9. The number of anilines is 2. The lowest BCUT2D eigenvalue weighted by molar-refractivity contribution is 0.107. The van der Waals surface area contributed by atoms with E-state index in [2.05, 4.69) is 15.3 Å². The predicted octanol–water partition coefficient (Wildman–Crippen LogP) is 5.66. The van der Waals surface area contributed by atoms with Gasteiger partial charge in [0.05, 0.1) is 38.8 Å². The molecule has 0 spiro atoms. The lowest BCUT2D eigenvalue weighted by atomic mass is 9.95. The molecule has 2 unspecified atom stereocenters. The summed E-state index contributed by atoms with van der Waals surface area (Å²) >= 11 is 7.82. The summed E-state index contributed by atoms with van der Waals surface area (Å²) in [7, 11) is 0. The highest BCUT2D eigenvalue weighted by Gasteiger charge is 2.50. The molecule has 4 aromatic rings. The van der Waals surface area contributed by atoms with Gasteiger partial charge in [-0.1, -0.05) is 17.7 Å². The average Bonchev–Trinajstić information content (AvgIpc) is 3.78. The summed E-state index contributed by atoms with van der Waals surface area (Å²) in [6.45, 7) is 0.832. The molecule has 16 heteroatoms. The monoisotopic (exact) mass is 691 g/mol. The van der Waals surface area contributed by atoms with Crippen LogP contribution in [0.25, 0.3) is 32.1 Å². The van der Waals surface area contributed by atoms with Gasteiger partial charge in [-0.2, -0.15) is 15.2 Å². The highest BCUT2D eigenvalue weighted by atomic mass is 35.5. The number of thiophene rings is 1. The van der Waals surface area contributed by atoms with E-state index in [-0.39, 0.29) is 97.9 Å². The second kappa shape index (κ2) is 11.2. The van der Waals surface area contributed by atoms with E-state index in [1.807, 2.05) is 11.0 Å². The Morgan fingerprint density at radius 1 is 1.26 bits per heavy atom. The van der Waals surface area contributed by atoms with Crippen LogP contribution in [0.5, 0.6) is 11.8 Å². The molecule has 4 aliphatic rings. The van der Waals surface area contributed by atoms with Gasteiger partial charge in [0, 0.05) is 37.0 Å². The quantitative estimate of drug-likeness (QED) is 0.248. The largest absolute Gasteiger partial charge is 0.484 e. The van der Waals surface area contributed by atoms with Gasteiger partial charge >= 0.3 is 6.01 Å². The van der Waals surface area contributed by atoms with Crippen LogP contribution in [0.2, 0.25) is 5.02 Å². The number of benzene rings is 2. The molecule has 4 atom stereocenters. The van der Waals surface area contributed by atoms with Crippen LogP contribution in [0.3, 0.4) is 0 Å². The van der Waals surface area contributed by atoms with Gasteiger partial charge in [0.15, 0.2) is 11.6 Å². The topological polar surface area (TPSA) is 113 Å². The number of nitrogens with one attached hydrogen (secondary N) is 1. The highest BCUT2D eigenvalue weighted by molar-refractivity contribution is 7.23. The molecule has 6 heterocycles. The molecule has 2 aromatic heterocycles. The van der Waals surface area contributed by atoms with Crippen molar-refractivity contribution in [2.75, 3.05) is 50.0 Å². The number of fused-ring (bicyclic) bond motifs is 3. The van der Waals surface area contributed by atoms with E-state index in [9.17, 15) is 22.8 Å². The lowest BCUT2D eigenvalue weighted by Crippen LogP contribution is -2.47. The number of halogens is 6. The number of nitrogen functional groups attached to an aromatic ring is 1. The third-order valence-electron chi connectivity index (χ3n) is 9.78. The smallest absolute Gasteiger partial charge is 0.319 e. The van der Waals surface area contributed by atoms with Crippen LogP contribution in [0, 0.1) is 23.0 Å². The van der Waals surface area contributed by atoms with Crippen molar-refractivity contribution in [2.24, 2.45) is 0 Å². The molecule has 47 heavy (non-hydrogen) atoms. The fourth-order valence-corrected chi connectivity index (χ4v) is 9.03. The Labute approximate surface area is 274 Å². The van der Waals surface area contributed by atoms with E-state index < -0.39 is 48.5 Å². The van der Waals surface area contributed by atoms with E-state index in [1.165, 1.54) is 11.0 Å². The first-order valence-corrected chi connectivity index (χ1v) is 16.4. The molecule has 3 N–H and O–H groups in total. The number of nitrogens with zero attached hydrogens (tertiary/aromatic N) is 5. The molecular formula is C31H27ClF5N7O2S. The maximum atomic E-state index is 17.1. The zero-order valence-electron chi connectivity index (χ0n) is 24.6. The standard InChI is InChI=1S/C31H27ClF5N7O2S/c32-23-21(14-2-3-16(34)27-20(14)15(7-38)28(39)47-27)24(37)25-22-26(23)46-18-9-40-8-17(18)44(11-19(35)36)29(22)42-30(41-25)45-12-31-4-1-5-43(31)10-13(33)6-31/h2-3,13,17-19,40H,1,4-6,8-12,39H2/t13-,17?,18?,31+/m1/s1. The number of nitriles is 1. The normalized spacial score (nSPS) is 25.3. The molecule has 0 aliphatic carbocycles. The predicted molar refractivity (Wildman–Crippen MR) is 167 cm³/mol. The molecule has 0 amide bonds. The first-order chi connectivity index (χ1) is 22.6. The Bertz CT molecular complexity index is 1990. The summed E-state index contributed by atoms with van der Waals surface area (Å²) in [5.74, 6) is -1.70. The summed E-state index contributed by atoms with van der Waals surface area (Å²) < 4.78 is 87.3. The van der Waals surface area contributed by atoms with Gasteiger partial charge < -0.3 is 25.4 Å². The minimum atomic E-state index is -2.78. The fraction of sp³-hybridized carbons (Fsp3) is 0.452. The Kier molecular flexibility index (Phi) is 7.28. The van der Waals surface area contributed by atoms with Gasteiger partial charge in [0.1, 0.15) is 47.1 Å². The van der Waals surface area contributed by atoms with Crippen molar-refractivity contribution < 1.29 is 31.4 Å². The first-order valence-electron chi connectivity index (χ1n) is 15.2. The summed E-state index contributed by atoms with van der Waals surface area (Å²) in [4.78, 5) is 12.4. The van der Waals surface area contributed by atoms with Crippen molar-refractivity contribution in [3.63, 3.8) is 0 Å². The summed E-state index contributed by atoms with van der Waals surface area (Å²) in [5.41, 5.74) is 4.96. The van der Waals surface area contributed by atoms with Gasteiger partial charge in [-0.15, -0.1) is 11.3 Å². The molecule has 0 bridgehead atoms. The van der Waals surface area contributed by atoms with Crippen molar-refractivity contribution in [1.82, 2.24) is 20.2 Å². The van der Waals surface area contributed by atoms with Gasteiger partial charge in [-0.05, 0) is 31.0 Å². The SMILES string of the molecule is N#Cc1c(N)sc2c(F)ccc(-c3c(Cl)c4c5c(nc(OC[C@@]67CCCN6C[C@H](F)C7)nc5c3F)N(CC(F)F)C3CNCC3O4)c12. The number of rotatable bonds is 6. The molecular weight excluding hydrogens is 665 g/mol. The maximum absolute atomic E-state index is 17.1. The Morgan fingerprint density at radius 3 is 2.87 bits per heavy atom. The van der Waals surface area contributed by atoms with Gasteiger partial charge in [0.25, 0.3) is 6.43 Å². The minimum Gasteiger partial charge on any atom is -0.484 e. The van der Waals surface area contributed by atoms with Crippen LogP contribution < -0.4 is 25.4 Å². The molecule has 3 saturated heterocycles. The van der Waals surface area contributed by atoms with Crippen LogP contribution in [-0.4, -0.2) is 84.5 Å². The van der Waals surface area contributed by atoms with Crippen LogP contribution in [-0.2, 0) is 0 Å². The van der Waals surface area contributed by atoms with Gasteiger partial charge in [0.2, 0.25) is 0 Å². The third kappa shape index (κ3) is 4.67. The summed E-state index contributed by atoms with van der Waals surface area (Å²) in [6.07, 6.45) is -2.67. The Hall–Kier alpha value is -3.71. The zero-order chi connectivity index (χ0) is 32.8. The highest BCUT2D eigenvalue weighted by Crippen LogP contribution is 2.52. The first kappa shape index (κ1) is 30.6. The maximum Gasteiger partial charge on any atom is 0.319 e. The molecule has 4 aliphatic heterocycles. The van der Waals surface area contributed by atoms with Crippen LogP contribution >= 0.6 is 22.9 Å². The van der Waals surface area contributed by atoms with Gasteiger partial charge in [-0.3, -0.25) is 4.90 Å². The number of ether oxygens (including phenoxy) is 2. The molecule has 2 aromatic carbocycles. The van der Waals surface area contributed by atoms with Crippen molar-refractivity contribution >= 4 is 54.7 Å².